The third kappa shape index (κ3) is 2.93. The van der Waals surface area contributed by atoms with Crippen molar-refractivity contribution >= 4 is 0 Å². The van der Waals surface area contributed by atoms with Crippen LogP contribution >= 0.6 is 0 Å². The maximum atomic E-state index is 5.95. The van der Waals surface area contributed by atoms with Crippen LogP contribution in [0.4, 0.5) is 0 Å². The minimum atomic E-state index is 0.334. The third-order valence-corrected chi connectivity index (χ3v) is 4.00. The van der Waals surface area contributed by atoms with Crippen LogP contribution in [0.5, 0.6) is 0 Å². The first kappa shape index (κ1) is 13.6. The smallest absolute Gasteiger partial charge is 0.0542 e. The molecule has 2 nitrogen and oxygen atoms in total. The topological polar surface area (TPSA) is 35.2 Å². The van der Waals surface area contributed by atoms with Gasteiger partial charge in [-0.05, 0) is 35.9 Å². The molecule has 18 heavy (non-hydrogen) atoms. The summed E-state index contributed by atoms with van der Waals surface area (Å²) in [5.74, 6) is 1.05. The van der Waals surface area contributed by atoms with Crippen molar-refractivity contribution in [2.45, 2.75) is 39.0 Å². The fourth-order valence-corrected chi connectivity index (χ4v) is 2.65. The Labute approximate surface area is 111 Å². The molecular formula is C16H25NO. The normalized spacial score (nSPS) is 19.6. The first-order valence-corrected chi connectivity index (χ1v) is 6.92. The van der Waals surface area contributed by atoms with Gasteiger partial charge in [0.05, 0.1) is 13.2 Å². The Morgan fingerprint density at radius 3 is 2.11 bits per heavy atom. The van der Waals surface area contributed by atoms with Gasteiger partial charge in [-0.15, -0.1) is 0 Å². The van der Waals surface area contributed by atoms with Gasteiger partial charge in [-0.3, -0.25) is 0 Å². The second-order valence-electron chi connectivity index (χ2n) is 6.26. The molecule has 2 heteroatoms. The molecule has 0 radical (unpaired) electrons. The van der Waals surface area contributed by atoms with Gasteiger partial charge in [-0.25, -0.2) is 0 Å². The van der Waals surface area contributed by atoms with Crippen molar-refractivity contribution in [1.82, 2.24) is 0 Å². The van der Waals surface area contributed by atoms with E-state index in [1.54, 1.807) is 0 Å². The molecule has 1 heterocycles. The first-order chi connectivity index (χ1) is 8.54. The largest absolute Gasteiger partial charge is 0.380 e. The van der Waals surface area contributed by atoms with Gasteiger partial charge >= 0.3 is 0 Å². The fraction of sp³-hybridized carbons (Fsp3) is 0.625. The molecule has 0 aliphatic carbocycles. The molecule has 1 fully saturated rings. The molecule has 100 valence electrons. The number of benzene rings is 1. The lowest BCUT2D eigenvalue weighted by atomic mass is 9.77. The van der Waals surface area contributed by atoms with E-state index >= 15 is 0 Å². The summed E-state index contributed by atoms with van der Waals surface area (Å²) >= 11 is 0. The molecule has 2 rings (SSSR count). The van der Waals surface area contributed by atoms with Crippen molar-refractivity contribution in [3.63, 3.8) is 0 Å². The number of nitrogens with two attached hydrogens (primary N) is 1. The van der Waals surface area contributed by atoms with E-state index in [1.165, 1.54) is 11.1 Å². The average molecular weight is 247 g/mol. The summed E-state index contributed by atoms with van der Waals surface area (Å²) in [5.41, 5.74) is 9.05. The van der Waals surface area contributed by atoms with E-state index in [4.69, 9.17) is 10.5 Å². The predicted molar refractivity (Wildman–Crippen MR) is 75.9 cm³/mol. The van der Waals surface area contributed by atoms with Crippen LogP contribution in [0.2, 0.25) is 0 Å². The highest BCUT2D eigenvalue weighted by Gasteiger charge is 2.35. The molecule has 0 amide bonds. The van der Waals surface area contributed by atoms with Crippen LogP contribution in [-0.2, 0) is 4.74 Å². The summed E-state index contributed by atoms with van der Waals surface area (Å²) in [7, 11) is 0. The Morgan fingerprint density at radius 2 is 1.72 bits per heavy atom. The van der Waals surface area contributed by atoms with Gasteiger partial charge in [0, 0.05) is 5.41 Å². The first-order valence-electron chi connectivity index (χ1n) is 6.92. The van der Waals surface area contributed by atoms with Crippen LogP contribution < -0.4 is 5.73 Å². The van der Waals surface area contributed by atoms with E-state index in [9.17, 15) is 0 Å². The van der Waals surface area contributed by atoms with Crippen LogP contribution in [-0.4, -0.2) is 19.8 Å². The maximum Gasteiger partial charge on any atom is 0.0542 e. The van der Waals surface area contributed by atoms with E-state index < -0.39 is 0 Å². The summed E-state index contributed by atoms with van der Waals surface area (Å²) in [6, 6.07) is 8.97. The standard InChI is InChI=1S/C16H25NO/c1-12(2)13-4-6-14(7-5-13)15(9-17)8-16(3)10-18-11-16/h4-7,12,15H,8-11,17H2,1-3H3. The Balaban J connectivity index is 2.07. The van der Waals surface area contributed by atoms with Crippen LogP contribution in [0.1, 0.15) is 50.2 Å². The third-order valence-electron chi connectivity index (χ3n) is 4.00. The zero-order chi connectivity index (χ0) is 13.2. The van der Waals surface area contributed by atoms with Crippen molar-refractivity contribution in [2.24, 2.45) is 11.1 Å². The molecule has 1 aromatic rings. The monoisotopic (exact) mass is 247 g/mol. The molecule has 1 atom stereocenters. The summed E-state index contributed by atoms with van der Waals surface area (Å²) in [6.45, 7) is 9.23. The van der Waals surface area contributed by atoms with E-state index in [0.717, 1.165) is 26.2 Å². The fourth-order valence-electron chi connectivity index (χ4n) is 2.65. The number of hydrogen-bond acceptors (Lipinski definition) is 2. The van der Waals surface area contributed by atoms with Crippen molar-refractivity contribution in [3.8, 4) is 0 Å². The molecule has 0 saturated carbocycles. The number of rotatable bonds is 5. The van der Waals surface area contributed by atoms with Gasteiger partial charge in [-0.2, -0.15) is 0 Å². The minimum absolute atomic E-state index is 0.334. The second kappa shape index (κ2) is 5.41. The van der Waals surface area contributed by atoms with Crippen molar-refractivity contribution in [1.29, 1.82) is 0 Å². The zero-order valence-electron chi connectivity index (χ0n) is 11.8. The van der Waals surface area contributed by atoms with Crippen LogP contribution in [0.3, 0.4) is 0 Å². The SMILES string of the molecule is CC(C)c1ccc(C(CN)CC2(C)COC2)cc1. The van der Waals surface area contributed by atoms with Crippen molar-refractivity contribution in [2.75, 3.05) is 19.8 Å². The lowest BCUT2D eigenvalue weighted by Gasteiger charge is -2.40. The molecule has 1 aliphatic heterocycles. The number of ether oxygens (including phenoxy) is 1. The molecule has 1 aromatic carbocycles. The summed E-state index contributed by atoms with van der Waals surface area (Å²) in [5, 5.41) is 0. The molecule has 0 aromatic heterocycles. The van der Waals surface area contributed by atoms with Crippen molar-refractivity contribution in [3.05, 3.63) is 35.4 Å². The summed E-state index contributed by atoms with van der Waals surface area (Å²) < 4.78 is 5.33. The molecule has 2 N–H and O–H groups in total. The van der Waals surface area contributed by atoms with Crippen LogP contribution in [0.25, 0.3) is 0 Å². The molecule has 0 bridgehead atoms. The Hall–Kier alpha value is -0.860. The summed E-state index contributed by atoms with van der Waals surface area (Å²) in [6.07, 6.45) is 1.13. The van der Waals surface area contributed by atoms with Crippen LogP contribution in [0.15, 0.2) is 24.3 Å². The lowest BCUT2D eigenvalue weighted by molar-refractivity contribution is -0.108. The molecular weight excluding hydrogens is 222 g/mol. The molecule has 1 unspecified atom stereocenters. The van der Waals surface area contributed by atoms with Gasteiger partial charge < -0.3 is 10.5 Å². The van der Waals surface area contributed by atoms with Gasteiger partial charge in [0.1, 0.15) is 0 Å². The minimum Gasteiger partial charge on any atom is -0.380 e. The average Bonchev–Trinajstić information content (AvgIpc) is 2.34. The Kier molecular flexibility index (Phi) is 4.08. The molecule has 0 spiro atoms. The highest BCUT2D eigenvalue weighted by molar-refractivity contribution is 5.27. The Morgan fingerprint density at radius 1 is 1.17 bits per heavy atom. The highest BCUT2D eigenvalue weighted by atomic mass is 16.5. The zero-order valence-corrected chi connectivity index (χ0v) is 11.8. The van der Waals surface area contributed by atoms with E-state index in [0.29, 0.717) is 17.3 Å². The lowest BCUT2D eigenvalue weighted by Crippen LogP contribution is -2.41. The van der Waals surface area contributed by atoms with Gasteiger partial charge in [0.2, 0.25) is 0 Å². The second-order valence-corrected chi connectivity index (χ2v) is 6.26. The highest BCUT2D eigenvalue weighted by Crippen LogP contribution is 2.37. The Bertz CT molecular complexity index is 379. The quantitative estimate of drug-likeness (QED) is 0.866. The summed E-state index contributed by atoms with van der Waals surface area (Å²) in [4.78, 5) is 0. The maximum absolute atomic E-state index is 5.95. The number of hydrogen-bond donors (Lipinski definition) is 1. The van der Waals surface area contributed by atoms with E-state index in [2.05, 4.69) is 45.0 Å². The van der Waals surface area contributed by atoms with Gasteiger partial charge in [-0.1, -0.05) is 45.0 Å². The van der Waals surface area contributed by atoms with Crippen LogP contribution in [0, 0.1) is 5.41 Å². The van der Waals surface area contributed by atoms with Crippen molar-refractivity contribution < 1.29 is 4.74 Å². The van der Waals surface area contributed by atoms with E-state index in [1.807, 2.05) is 0 Å². The predicted octanol–water partition coefficient (Wildman–Crippen LogP) is 3.28. The van der Waals surface area contributed by atoms with Gasteiger partial charge in [0.15, 0.2) is 0 Å². The molecule has 1 saturated heterocycles. The molecule has 1 aliphatic rings. The van der Waals surface area contributed by atoms with Gasteiger partial charge in [0.25, 0.3) is 0 Å². The van der Waals surface area contributed by atoms with E-state index in [-0.39, 0.29) is 0 Å².